The first kappa shape index (κ1) is 14.1. The van der Waals surface area contributed by atoms with Crippen LogP contribution in [-0.2, 0) is 0 Å². The largest absolute Gasteiger partial charge is 0.395 e. The fourth-order valence-corrected chi connectivity index (χ4v) is 3.37. The van der Waals surface area contributed by atoms with Crippen LogP contribution >= 0.6 is 0 Å². The number of aromatic amines is 1. The van der Waals surface area contributed by atoms with Gasteiger partial charge < -0.3 is 15.0 Å². The second-order valence-electron chi connectivity index (χ2n) is 5.76. The number of aromatic nitrogens is 1. The van der Waals surface area contributed by atoms with Crippen molar-refractivity contribution in [2.24, 2.45) is 0 Å². The van der Waals surface area contributed by atoms with Gasteiger partial charge in [-0.15, -0.1) is 0 Å². The summed E-state index contributed by atoms with van der Waals surface area (Å²) in [5, 5.41) is 10.4. The van der Waals surface area contributed by atoms with Crippen molar-refractivity contribution in [3.05, 3.63) is 36.0 Å². The van der Waals surface area contributed by atoms with Gasteiger partial charge >= 0.3 is 0 Å². The van der Waals surface area contributed by atoms with Crippen molar-refractivity contribution in [1.29, 1.82) is 0 Å². The summed E-state index contributed by atoms with van der Waals surface area (Å²) in [6.45, 7) is 0.434. The molecule has 21 heavy (non-hydrogen) atoms. The summed E-state index contributed by atoms with van der Waals surface area (Å²) < 4.78 is 0. The second kappa shape index (κ2) is 6.31. The summed E-state index contributed by atoms with van der Waals surface area (Å²) in [5.41, 5.74) is 1.60. The van der Waals surface area contributed by atoms with Crippen molar-refractivity contribution in [2.45, 2.75) is 38.1 Å². The van der Waals surface area contributed by atoms with E-state index < -0.39 is 0 Å². The highest BCUT2D eigenvalue weighted by Crippen LogP contribution is 2.25. The van der Waals surface area contributed by atoms with Gasteiger partial charge in [-0.05, 0) is 25.0 Å². The molecule has 3 rings (SSSR count). The number of H-pyrrole nitrogens is 1. The maximum atomic E-state index is 12.9. The zero-order valence-electron chi connectivity index (χ0n) is 12.2. The SMILES string of the molecule is O=C(c1cccc2cc[nH]c12)N(CCO)C1CCCCC1. The summed E-state index contributed by atoms with van der Waals surface area (Å²) in [6, 6.07) is 8.03. The minimum atomic E-state index is 0.0168. The summed E-state index contributed by atoms with van der Waals surface area (Å²) in [6.07, 6.45) is 7.56. The number of nitrogens with one attached hydrogen (secondary N) is 1. The van der Waals surface area contributed by atoms with Crippen LogP contribution in [-0.4, -0.2) is 40.1 Å². The van der Waals surface area contributed by atoms with Crippen molar-refractivity contribution in [1.82, 2.24) is 9.88 Å². The Labute approximate surface area is 124 Å². The number of hydrogen-bond donors (Lipinski definition) is 2. The van der Waals surface area contributed by atoms with Crippen LogP contribution in [0.1, 0.15) is 42.5 Å². The van der Waals surface area contributed by atoms with Crippen molar-refractivity contribution in [2.75, 3.05) is 13.2 Å². The minimum absolute atomic E-state index is 0.0168. The Morgan fingerprint density at radius 1 is 1.24 bits per heavy atom. The van der Waals surface area contributed by atoms with Crippen LogP contribution in [0.5, 0.6) is 0 Å². The van der Waals surface area contributed by atoms with E-state index in [1.165, 1.54) is 19.3 Å². The molecule has 0 aliphatic heterocycles. The van der Waals surface area contributed by atoms with Gasteiger partial charge in [-0.2, -0.15) is 0 Å². The topological polar surface area (TPSA) is 56.3 Å². The number of carbonyl (C=O) groups is 1. The first-order chi connectivity index (χ1) is 10.3. The molecule has 0 saturated heterocycles. The Morgan fingerprint density at radius 3 is 2.81 bits per heavy atom. The Hall–Kier alpha value is -1.81. The van der Waals surface area contributed by atoms with Gasteiger partial charge in [-0.1, -0.05) is 31.4 Å². The van der Waals surface area contributed by atoms with Gasteiger partial charge in [0.05, 0.1) is 17.7 Å². The molecule has 2 aromatic rings. The number of fused-ring (bicyclic) bond motifs is 1. The average molecular weight is 286 g/mol. The first-order valence-corrected chi connectivity index (χ1v) is 7.79. The highest BCUT2D eigenvalue weighted by atomic mass is 16.3. The van der Waals surface area contributed by atoms with Crippen molar-refractivity contribution < 1.29 is 9.90 Å². The molecule has 0 unspecified atom stereocenters. The molecule has 1 saturated carbocycles. The smallest absolute Gasteiger partial charge is 0.256 e. The number of amides is 1. The number of aliphatic hydroxyl groups is 1. The first-order valence-electron chi connectivity index (χ1n) is 7.79. The third kappa shape index (κ3) is 2.81. The van der Waals surface area contributed by atoms with Crippen molar-refractivity contribution >= 4 is 16.8 Å². The van der Waals surface area contributed by atoms with Gasteiger partial charge in [0.2, 0.25) is 0 Å². The van der Waals surface area contributed by atoms with Gasteiger partial charge in [0.15, 0.2) is 0 Å². The predicted molar refractivity (Wildman–Crippen MR) is 83.3 cm³/mol. The van der Waals surface area contributed by atoms with Crippen LogP contribution < -0.4 is 0 Å². The maximum Gasteiger partial charge on any atom is 0.256 e. The number of benzene rings is 1. The van der Waals surface area contributed by atoms with Crippen molar-refractivity contribution in [3.63, 3.8) is 0 Å². The summed E-state index contributed by atoms with van der Waals surface area (Å²) >= 11 is 0. The van der Waals surface area contributed by atoms with Gasteiger partial charge in [0, 0.05) is 24.2 Å². The molecule has 1 aliphatic rings. The number of aliphatic hydroxyl groups excluding tert-OH is 1. The number of hydrogen-bond acceptors (Lipinski definition) is 2. The zero-order valence-corrected chi connectivity index (χ0v) is 12.2. The molecule has 0 bridgehead atoms. The summed E-state index contributed by atoms with van der Waals surface area (Å²) in [4.78, 5) is 18.0. The quantitative estimate of drug-likeness (QED) is 0.908. The van der Waals surface area contributed by atoms with E-state index in [0.29, 0.717) is 12.1 Å². The monoisotopic (exact) mass is 286 g/mol. The van der Waals surface area contributed by atoms with Crippen LogP contribution in [0.25, 0.3) is 10.9 Å². The molecule has 1 amide bonds. The van der Waals surface area contributed by atoms with E-state index in [0.717, 1.165) is 23.7 Å². The molecule has 112 valence electrons. The molecule has 1 heterocycles. The van der Waals surface area contributed by atoms with E-state index in [4.69, 9.17) is 0 Å². The molecule has 2 N–H and O–H groups in total. The lowest BCUT2D eigenvalue weighted by molar-refractivity contribution is 0.0587. The molecule has 1 aliphatic carbocycles. The van der Waals surface area contributed by atoms with E-state index in [2.05, 4.69) is 4.98 Å². The normalized spacial score (nSPS) is 16.2. The molecule has 1 fully saturated rings. The van der Waals surface area contributed by atoms with E-state index in [1.54, 1.807) is 0 Å². The van der Waals surface area contributed by atoms with E-state index in [9.17, 15) is 9.90 Å². The highest BCUT2D eigenvalue weighted by Gasteiger charge is 2.26. The lowest BCUT2D eigenvalue weighted by atomic mass is 9.93. The van der Waals surface area contributed by atoms with Crippen LogP contribution in [0.2, 0.25) is 0 Å². The number of para-hydroxylation sites is 1. The number of carbonyl (C=O) groups excluding carboxylic acids is 1. The third-order valence-corrected chi connectivity index (χ3v) is 4.43. The molecule has 1 aromatic carbocycles. The molecular weight excluding hydrogens is 264 g/mol. The number of nitrogens with zero attached hydrogens (tertiary/aromatic N) is 1. The molecule has 1 aromatic heterocycles. The molecular formula is C17H22N2O2. The fraction of sp³-hybridized carbons (Fsp3) is 0.471. The Balaban J connectivity index is 1.91. The summed E-state index contributed by atoms with van der Waals surface area (Å²) in [7, 11) is 0. The average Bonchev–Trinajstić information content (AvgIpc) is 3.01. The molecule has 0 spiro atoms. The molecule has 4 nitrogen and oxygen atoms in total. The van der Waals surface area contributed by atoms with Gasteiger partial charge in [-0.25, -0.2) is 0 Å². The van der Waals surface area contributed by atoms with E-state index in [1.807, 2.05) is 35.4 Å². The van der Waals surface area contributed by atoms with Crippen LogP contribution in [0.15, 0.2) is 30.5 Å². The molecule has 4 heteroatoms. The maximum absolute atomic E-state index is 12.9. The lowest BCUT2D eigenvalue weighted by Gasteiger charge is -2.34. The van der Waals surface area contributed by atoms with Gasteiger partial charge in [0.25, 0.3) is 5.91 Å². The predicted octanol–water partition coefficient (Wildman–Crippen LogP) is 2.94. The molecule has 0 atom stereocenters. The fourth-order valence-electron chi connectivity index (χ4n) is 3.37. The second-order valence-corrected chi connectivity index (χ2v) is 5.76. The highest BCUT2D eigenvalue weighted by molar-refractivity contribution is 6.05. The third-order valence-electron chi connectivity index (χ3n) is 4.43. The minimum Gasteiger partial charge on any atom is -0.395 e. The van der Waals surface area contributed by atoms with Crippen molar-refractivity contribution in [3.8, 4) is 0 Å². The van der Waals surface area contributed by atoms with Crippen LogP contribution in [0.3, 0.4) is 0 Å². The van der Waals surface area contributed by atoms with Crippen LogP contribution in [0, 0.1) is 0 Å². The van der Waals surface area contributed by atoms with E-state index in [-0.39, 0.29) is 18.6 Å². The number of rotatable bonds is 4. The standard InChI is InChI=1S/C17H22N2O2/c20-12-11-19(14-6-2-1-3-7-14)17(21)15-8-4-5-13-9-10-18-16(13)15/h4-5,8-10,14,18,20H,1-3,6-7,11-12H2. The van der Waals surface area contributed by atoms with Gasteiger partial charge in [0.1, 0.15) is 0 Å². The van der Waals surface area contributed by atoms with Gasteiger partial charge in [-0.3, -0.25) is 4.79 Å². The van der Waals surface area contributed by atoms with Crippen LogP contribution in [0.4, 0.5) is 0 Å². The summed E-state index contributed by atoms with van der Waals surface area (Å²) in [5.74, 6) is 0.0315. The Morgan fingerprint density at radius 2 is 2.05 bits per heavy atom. The Bertz CT molecular complexity index is 614. The van der Waals surface area contributed by atoms with E-state index >= 15 is 0 Å². The Kier molecular flexibility index (Phi) is 4.25. The zero-order chi connectivity index (χ0) is 14.7. The lowest BCUT2D eigenvalue weighted by Crippen LogP contribution is -2.43. The molecule has 0 radical (unpaired) electrons.